The van der Waals surface area contributed by atoms with Gasteiger partial charge in [0, 0.05) is 30.9 Å². The van der Waals surface area contributed by atoms with Gasteiger partial charge in [0.1, 0.15) is 10.3 Å². The molecule has 0 saturated carbocycles. The van der Waals surface area contributed by atoms with Gasteiger partial charge in [-0.15, -0.1) is 0 Å². The van der Waals surface area contributed by atoms with Gasteiger partial charge in [-0.05, 0) is 12.1 Å². The first-order valence-electron chi connectivity index (χ1n) is 5.38. The highest BCUT2D eigenvalue weighted by Gasteiger charge is 2.27. The Morgan fingerprint density at radius 2 is 1.88 bits per heavy atom. The normalized spacial score (nSPS) is 16.7. The number of nitrogens with one attached hydrogen (secondary N) is 1. The van der Waals surface area contributed by atoms with Crippen LogP contribution in [0.2, 0.25) is 10.3 Å². The number of hydrogen-bond donors (Lipinski definition) is 1. The Kier molecular flexibility index (Phi) is 3.57. The van der Waals surface area contributed by atoms with Crippen molar-refractivity contribution in [1.82, 2.24) is 10.3 Å². The zero-order valence-corrected chi connectivity index (χ0v) is 10.9. The van der Waals surface area contributed by atoms with Gasteiger partial charge in [0.15, 0.2) is 0 Å². The minimum Gasteiger partial charge on any atom is -0.368 e. The number of anilines is 1. The fraction of sp³-hybridized carbons (Fsp3) is 0.545. The number of aromatic nitrogens is 1. The first-order chi connectivity index (χ1) is 7.54. The van der Waals surface area contributed by atoms with E-state index in [1.165, 1.54) is 0 Å². The van der Waals surface area contributed by atoms with Gasteiger partial charge in [0.25, 0.3) is 0 Å². The molecule has 0 bridgehead atoms. The summed E-state index contributed by atoms with van der Waals surface area (Å²) < 4.78 is 0. The summed E-state index contributed by atoms with van der Waals surface area (Å²) in [5.74, 6) is 0. The van der Waals surface area contributed by atoms with Crippen molar-refractivity contribution in [3.8, 4) is 0 Å². The van der Waals surface area contributed by atoms with Crippen LogP contribution in [-0.2, 0) is 0 Å². The number of halogens is 2. The monoisotopic (exact) mass is 259 g/mol. The number of nitrogens with zero attached hydrogens (tertiary/aromatic N) is 2. The summed E-state index contributed by atoms with van der Waals surface area (Å²) in [7, 11) is 0. The molecule has 2 rings (SSSR count). The van der Waals surface area contributed by atoms with E-state index in [-0.39, 0.29) is 0 Å². The lowest BCUT2D eigenvalue weighted by Crippen LogP contribution is -2.59. The van der Waals surface area contributed by atoms with Crippen molar-refractivity contribution in [3.63, 3.8) is 0 Å². The van der Waals surface area contributed by atoms with E-state index in [1.54, 1.807) is 0 Å². The van der Waals surface area contributed by atoms with Crippen LogP contribution in [0.15, 0.2) is 12.1 Å². The molecule has 1 saturated heterocycles. The van der Waals surface area contributed by atoms with E-state index in [0.717, 1.165) is 18.8 Å². The van der Waals surface area contributed by atoms with Gasteiger partial charge < -0.3 is 10.2 Å². The van der Waals surface area contributed by atoms with Gasteiger partial charge in [-0.2, -0.15) is 0 Å². The Balaban J connectivity index is 1.96. The van der Waals surface area contributed by atoms with E-state index in [0.29, 0.717) is 22.4 Å². The maximum absolute atomic E-state index is 5.86. The molecule has 0 radical (unpaired) electrons. The van der Waals surface area contributed by atoms with Crippen LogP contribution in [0.1, 0.15) is 13.8 Å². The van der Waals surface area contributed by atoms with Crippen molar-refractivity contribution in [3.05, 3.63) is 22.4 Å². The van der Waals surface area contributed by atoms with Crippen molar-refractivity contribution in [2.24, 2.45) is 0 Å². The summed E-state index contributed by atoms with van der Waals surface area (Å²) in [6.07, 6.45) is 0. The average molecular weight is 260 g/mol. The van der Waals surface area contributed by atoms with E-state index in [2.05, 4.69) is 29.0 Å². The predicted molar refractivity (Wildman–Crippen MR) is 68.5 cm³/mol. The lowest BCUT2D eigenvalue weighted by Gasteiger charge is -2.42. The summed E-state index contributed by atoms with van der Waals surface area (Å²) in [6.45, 7) is 6.30. The molecule has 1 fully saturated rings. The highest BCUT2D eigenvalue weighted by molar-refractivity contribution is 6.32. The second-order valence-corrected chi connectivity index (χ2v) is 5.17. The minimum absolute atomic E-state index is 0.447. The van der Waals surface area contributed by atoms with Crippen molar-refractivity contribution >= 4 is 28.9 Å². The van der Waals surface area contributed by atoms with E-state index in [9.17, 15) is 0 Å². The molecule has 1 aromatic rings. The van der Waals surface area contributed by atoms with E-state index < -0.39 is 0 Å². The highest BCUT2D eigenvalue weighted by Crippen LogP contribution is 2.26. The maximum atomic E-state index is 5.86. The predicted octanol–water partition coefficient (Wildman–Crippen LogP) is 2.58. The molecule has 1 N–H and O–H groups in total. The summed E-state index contributed by atoms with van der Waals surface area (Å²) >= 11 is 11.7. The van der Waals surface area contributed by atoms with Crippen LogP contribution in [-0.4, -0.2) is 30.2 Å². The molecule has 1 aliphatic heterocycles. The van der Waals surface area contributed by atoms with Crippen molar-refractivity contribution in [1.29, 1.82) is 0 Å². The van der Waals surface area contributed by atoms with Crippen LogP contribution in [0, 0.1) is 0 Å². The molecule has 88 valence electrons. The summed E-state index contributed by atoms with van der Waals surface area (Å²) in [4.78, 5) is 6.17. The Labute approximate surface area is 106 Å². The van der Waals surface area contributed by atoms with Gasteiger partial charge in [0.05, 0.1) is 0 Å². The van der Waals surface area contributed by atoms with Crippen molar-refractivity contribution in [2.75, 3.05) is 18.0 Å². The molecule has 3 nitrogen and oxygen atoms in total. The van der Waals surface area contributed by atoms with Gasteiger partial charge in [0.2, 0.25) is 0 Å². The summed E-state index contributed by atoms with van der Waals surface area (Å²) in [6, 6.07) is 4.78. The minimum atomic E-state index is 0.447. The smallest absolute Gasteiger partial charge is 0.132 e. The van der Waals surface area contributed by atoms with Gasteiger partial charge in [-0.25, -0.2) is 4.98 Å². The molecule has 0 spiro atoms. The third kappa shape index (κ3) is 2.78. The lowest BCUT2D eigenvalue weighted by molar-refractivity contribution is 0.389. The average Bonchev–Trinajstić information content (AvgIpc) is 2.08. The standard InChI is InChI=1S/C11H15Cl2N3/c1-7(2)14-8-5-16(6-8)9-3-10(12)15-11(13)4-9/h3-4,7-8,14H,5-6H2,1-2H3. The molecule has 0 aliphatic carbocycles. The SMILES string of the molecule is CC(C)NC1CN(c2cc(Cl)nc(Cl)c2)C1. The Morgan fingerprint density at radius 3 is 2.38 bits per heavy atom. The van der Waals surface area contributed by atoms with Crippen LogP contribution in [0.5, 0.6) is 0 Å². The van der Waals surface area contributed by atoms with Crippen molar-refractivity contribution in [2.45, 2.75) is 25.9 Å². The molecule has 1 aliphatic rings. The fourth-order valence-corrected chi connectivity index (χ4v) is 2.35. The third-order valence-corrected chi connectivity index (χ3v) is 2.95. The second-order valence-electron chi connectivity index (χ2n) is 4.39. The lowest BCUT2D eigenvalue weighted by atomic mass is 10.1. The molecule has 0 atom stereocenters. The molecule has 0 amide bonds. The van der Waals surface area contributed by atoms with Gasteiger partial charge in [-0.3, -0.25) is 0 Å². The van der Waals surface area contributed by atoms with Crippen LogP contribution in [0.3, 0.4) is 0 Å². The van der Waals surface area contributed by atoms with Crippen LogP contribution in [0.25, 0.3) is 0 Å². The molecular weight excluding hydrogens is 245 g/mol. The molecule has 2 heterocycles. The molecule has 0 aromatic carbocycles. The Morgan fingerprint density at radius 1 is 1.31 bits per heavy atom. The van der Waals surface area contributed by atoms with Gasteiger partial charge in [-0.1, -0.05) is 37.0 Å². The number of hydrogen-bond acceptors (Lipinski definition) is 3. The fourth-order valence-electron chi connectivity index (χ4n) is 1.90. The van der Waals surface area contributed by atoms with Gasteiger partial charge >= 0.3 is 0 Å². The summed E-state index contributed by atoms with van der Waals surface area (Å²) in [5.41, 5.74) is 1.05. The quantitative estimate of drug-likeness (QED) is 0.846. The van der Waals surface area contributed by atoms with E-state index >= 15 is 0 Å². The zero-order chi connectivity index (χ0) is 11.7. The van der Waals surface area contributed by atoms with Crippen molar-refractivity contribution < 1.29 is 0 Å². The molecule has 1 aromatic heterocycles. The van der Waals surface area contributed by atoms with Crippen LogP contribution in [0.4, 0.5) is 5.69 Å². The topological polar surface area (TPSA) is 28.2 Å². The van der Waals surface area contributed by atoms with E-state index in [4.69, 9.17) is 23.2 Å². The maximum Gasteiger partial charge on any atom is 0.132 e. The van der Waals surface area contributed by atoms with Crippen LogP contribution < -0.4 is 10.2 Å². The van der Waals surface area contributed by atoms with Crippen LogP contribution >= 0.6 is 23.2 Å². The third-order valence-electron chi connectivity index (χ3n) is 2.56. The summed E-state index contributed by atoms with van der Waals surface area (Å²) in [5, 5.41) is 4.38. The number of pyridine rings is 1. The first kappa shape index (κ1) is 12.0. The second kappa shape index (κ2) is 4.78. The zero-order valence-electron chi connectivity index (χ0n) is 9.37. The largest absolute Gasteiger partial charge is 0.368 e. The molecule has 5 heteroatoms. The van der Waals surface area contributed by atoms with E-state index in [1.807, 2.05) is 12.1 Å². The Hall–Kier alpha value is -0.510. The first-order valence-corrected chi connectivity index (χ1v) is 6.14. The molecule has 16 heavy (non-hydrogen) atoms. The highest BCUT2D eigenvalue weighted by atomic mass is 35.5. The molecular formula is C11H15Cl2N3. The Bertz CT molecular complexity index is 355. The number of rotatable bonds is 3. The molecule has 0 unspecified atom stereocenters.